The van der Waals surface area contributed by atoms with E-state index in [4.69, 9.17) is 5.73 Å². The van der Waals surface area contributed by atoms with Gasteiger partial charge in [-0.3, -0.25) is 0 Å². The highest BCUT2D eigenvalue weighted by Crippen LogP contribution is 2.01. The van der Waals surface area contributed by atoms with Crippen LogP contribution >= 0.6 is 0 Å². The van der Waals surface area contributed by atoms with Crippen molar-refractivity contribution in [2.75, 3.05) is 6.54 Å². The van der Waals surface area contributed by atoms with Crippen LogP contribution in [0, 0.1) is 0 Å². The van der Waals surface area contributed by atoms with E-state index in [1.54, 1.807) is 0 Å². The Balaban J connectivity index is 3.93. The van der Waals surface area contributed by atoms with Gasteiger partial charge in [-0.25, -0.2) is 0 Å². The van der Waals surface area contributed by atoms with Crippen LogP contribution in [0.3, 0.4) is 0 Å². The zero-order chi connectivity index (χ0) is 8.69. The summed E-state index contributed by atoms with van der Waals surface area (Å²) < 4.78 is 0. The van der Waals surface area contributed by atoms with Crippen LogP contribution in [0.25, 0.3) is 0 Å². The number of allylic oxidation sites excluding steroid dienone is 3. The van der Waals surface area contributed by atoms with Crippen LogP contribution in [0.2, 0.25) is 0 Å². The van der Waals surface area contributed by atoms with Crippen LogP contribution in [0.4, 0.5) is 0 Å². The van der Waals surface area contributed by atoms with Crippen LogP contribution in [0.15, 0.2) is 23.5 Å². The average Bonchev–Trinajstić information content (AvgIpc) is 2.00. The summed E-state index contributed by atoms with van der Waals surface area (Å²) in [5.74, 6) is 0.811. The minimum atomic E-state index is 0.811. The van der Waals surface area contributed by atoms with Gasteiger partial charge in [-0.15, -0.1) is 0 Å². The highest BCUT2D eigenvalue weighted by Gasteiger charge is 1.92. The van der Waals surface area contributed by atoms with Crippen molar-refractivity contribution < 1.29 is 0 Å². The van der Waals surface area contributed by atoms with E-state index in [2.05, 4.69) is 11.4 Å². The summed E-state index contributed by atoms with van der Waals surface area (Å²) in [6, 6.07) is 0. The molecule has 0 amide bonds. The molecule has 0 spiro atoms. The first kappa shape index (κ1) is 10.1. The number of hydrogen-bond acceptors (Lipinski definition) is 2. The second-order valence-corrected chi connectivity index (χ2v) is 2.50. The Kier molecular flexibility index (Phi) is 5.35. The predicted octanol–water partition coefficient (Wildman–Crippen LogP) is 1.75. The molecule has 11 heavy (non-hydrogen) atoms. The molecule has 0 radical (unpaired) electrons. The molecule has 0 unspecified atom stereocenters. The quantitative estimate of drug-likeness (QED) is 0.605. The molecule has 3 N–H and O–H groups in total. The van der Waals surface area contributed by atoms with Gasteiger partial charge in [0, 0.05) is 6.54 Å². The Morgan fingerprint density at radius 3 is 2.64 bits per heavy atom. The molecule has 0 rings (SSSR count). The van der Waals surface area contributed by atoms with E-state index in [1.807, 2.05) is 26.8 Å². The van der Waals surface area contributed by atoms with Gasteiger partial charge in [0.05, 0.1) is 5.82 Å². The fourth-order valence-electron chi connectivity index (χ4n) is 0.746. The second-order valence-electron chi connectivity index (χ2n) is 2.50. The molecule has 0 aromatic rings. The van der Waals surface area contributed by atoms with Crippen LogP contribution in [0.1, 0.15) is 27.2 Å². The van der Waals surface area contributed by atoms with Gasteiger partial charge in [0.1, 0.15) is 0 Å². The van der Waals surface area contributed by atoms with Gasteiger partial charge in [-0.1, -0.05) is 12.2 Å². The van der Waals surface area contributed by atoms with Crippen molar-refractivity contribution in [3.63, 3.8) is 0 Å². The van der Waals surface area contributed by atoms with E-state index >= 15 is 0 Å². The average molecular weight is 154 g/mol. The molecule has 0 saturated carbocycles. The maximum absolute atomic E-state index is 5.70. The van der Waals surface area contributed by atoms with Gasteiger partial charge in [-0.05, 0) is 32.8 Å². The van der Waals surface area contributed by atoms with Gasteiger partial charge in [0.25, 0.3) is 0 Å². The van der Waals surface area contributed by atoms with E-state index in [1.165, 1.54) is 5.57 Å². The Morgan fingerprint density at radius 1 is 1.55 bits per heavy atom. The maximum atomic E-state index is 5.70. The Morgan fingerprint density at radius 2 is 2.18 bits per heavy atom. The molecule has 0 fully saturated rings. The summed E-state index contributed by atoms with van der Waals surface area (Å²) in [5.41, 5.74) is 6.90. The smallest absolute Gasteiger partial charge is 0.0952 e. The van der Waals surface area contributed by atoms with E-state index in [-0.39, 0.29) is 0 Å². The van der Waals surface area contributed by atoms with Crippen LogP contribution in [-0.4, -0.2) is 6.54 Å². The molecule has 0 aromatic heterocycles. The van der Waals surface area contributed by atoms with Crippen molar-refractivity contribution in [2.24, 2.45) is 5.73 Å². The number of hydrogen-bond donors (Lipinski definition) is 2. The van der Waals surface area contributed by atoms with Crippen molar-refractivity contribution in [3.8, 4) is 0 Å². The van der Waals surface area contributed by atoms with Crippen LogP contribution < -0.4 is 11.1 Å². The van der Waals surface area contributed by atoms with Gasteiger partial charge in [0.15, 0.2) is 0 Å². The minimum Gasteiger partial charge on any atom is -0.386 e. The summed E-state index contributed by atoms with van der Waals surface area (Å²) in [5, 5.41) is 3.08. The SMILES string of the molecule is C/C=C\C/C(C)=C(\N)NCC. The largest absolute Gasteiger partial charge is 0.386 e. The van der Waals surface area contributed by atoms with E-state index in [9.17, 15) is 0 Å². The lowest BCUT2D eigenvalue weighted by atomic mass is 10.2. The third-order valence-electron chi connectivity index (χ3n) is 1.49. The molecule has 64 valence electrons. The standard InChI is InChI=1S/C9H18N2/c1-4-6-7-8(3)9(10)11-5-2/h4,6,11H,5,7,10H2,1-3H3/b6-4-,9-8+. The van der Waals surface area contributed by atoms with E-state index < -0.39 is 0 Å². The van der Waals surface area contributed by atoms with Gasteiger partial charge >= 0.3 is 0 Å². The zero-order valence-electron chi connectivity index (χ0n) is 7.65. The Hall–Kier alpha value is -0.920. The lowest BCUT2D eigenvalue weighted by Gasteiger charge is -2.06. The third kappa shape index (κ3) is 4.48. The first-order valence-electron chi connectivity index (χ1n) is 4.02. The fourth-order valence-corrected chi connectivity index (χ4v) is 0.746. The van der Waals surface area contributed by atoms with Crippen molar-refractivity contribution >= 4 is 0 Å². The van der Waals surface area contributed by atoms with Gasteiger partial charge in [0.2, 0.25) is 0 Å². The minimum absolute atomic E-state index is 0.811. The summed E-state index contributed by atoms with van der Waals surface area (Å²) in [7, 11) is 0. The number of nitrogens with one attached hydrogen (secondary N) is 1. The molecule has 0 bridgehead atoms. The van der Waals surface area contributed by atoms with Crippen molar-refractivity contribution in [1.82, 2.24) is 5.32 Å². The first-order chi connectivity index (χ1) is 5.22. The molecular formula is C9H18N2. The summed E-state index contributed by atoms with van der Waals surface area (Å²) in [4.78, 5) is 0. The fraction of sp³-hybridized carbons (Fsp3) is 0.556. The molecule has 0 saturated heterocycles. The van der Waals surface area contributed by atoms with Crippen LogP contribution in [-0.2, 0) is 0 Å². The van der Waals surface area contributed by atoms with Crippen molar-refractivity contribution in [3.05, 3.63) is 23.5 Å². The maximum Gasteiger partial charge on any atom is 0.0952 e. The second kappa shape index (κ2) is 5.83. The normalized spacial score (nSPS) is 13.4. The molecule has 0 atom stereocenters. The molecule has 0 aliphatic carbocycles. The highest BCUT2D eigenvalue weighted by atomic mass is 15.0. The molecule has 0 heterocycles. The molecule has 0 aliphatic rings. The highest BCUT2D eigenvalue weighted by molar-refractivity contribution is 5.10. The molecule has 0 aromatic carbocycles. The Labute approximate surface area is 69.2 Å². The molecule has 2 heteroatoms. The van der Waals surface area contributed by atoms with Crippen LogP contribution in [0.5, 0.6) is 0 Å². The first-order valence-corrected chi connectivity index (χ1v) is 4.02. The lowest BCUT2D eigenvalue weighted by molar-refractivity contribution is 0.816. The van der Waals surface area contributed by atoms with Gasteiger partial charge < -0.3 is 11.1 Å². The summed E-state index contributed by atoms with van der Waals surface area (Å²) >= 11 is 0. The third-order valence-corrected chi connectivity index (χ3v) is 1.49. The molecule has 2 nitrogen and oxygen atoms in total. The van der Waals surface area contributed by atoms with Crippen molar-refractivity contribution in [1.29, 1.82) is 0 Å². The van der Waals surface area contributed by atoms with Crippen molar-refractivity contribution in [2.45, 2.75) is 27.2 Å². The topological polar surface area (TPSA) is 38.0 Å². The monoisotopic (exact) mass is 154 g/mol. The van der Waals surface area contributed by atoms with E-state index in [0.717, 1.165) is 18.8 Å². The summed E-state index contributed by atoms with van der Waals surface area (Å²) in [6.07, 6.45) is 5.07. The lowest BCUT2D eigenvalue weighted by Crippen LogP contribution is -2.20. The molecular weight excluding hydrogens is 136 g/mol. The number of nitrogens with two attached hydrogens (primary N) is 1. The van der Waals surface area contributed by atoms with E-state index in [0.29, 0.717) is 0 Å². The zero-order valence-corrected chi connectivity index (χ0v) is 7.65. The van der Waals surface area contributed by atoms with Gasteiger partial charge in [-0.2, -0.15) is 0 Å². The summed E-state index contributed by atoms with van der Waals surface area (Å²) in [6.45, 7) is 6.98. The number of rotatable bonds is 4. The Bertz CT molecular complexity index is 157. The molecule has 0 aliphatic heterocycles. The predicted molar refractivity (Wildman–Crippen MR) is 50.0 cm³/mol.